The van der Waals surface area contributed by atoms with Gasteiger partial charge in [0.1, 0.15) is 24.4 Å². The Balaban J connectivity index is 6.47. The molecule has 0 aromatic heterocycles. The summed E-state index contributed by atoms with van der Waals surface area (Å²) in [6, 6.07) is 0. The fraction of sp³-hybridized carbons (Fsp3) is 1.00. The lowest BCUT2D eigenvalue weighted by molar-refractivity contribution is -0.0910. The number of hydrogen-bond acceptors (Lipinski definition) is 14. The van der Waals surface area contributed by atoms with Gasteiger partial charge in [0.2, 0.25) is 0 Å². The van der Waals surface area contributed by atoms with Gasteiger partial charge in [-0.1, -0.05) is 0 Å². The van der Waals surface area contributed by atoms with Crippen LogP contribution in [0.3, 0.4) is 0 Å². The largest absolute Gasteiger partial charge is 0.397 e. The van der Waals surface area contributed by atoms with E-state index >= 15 is 0 Å². The van der Waals surface area contributed by atoms with Crippen molar-refractivity contribution in [1.82, 2.24) is 0 Å². The summed E-state index contributed by atoms with van der Waals surface area (Å²) in [5.41, 5.74) is 0. The maximum Gasteiger partial charge on any atom is 0.397 e. The molecule has 0 aliphatic carbocycles. The van der Waals surface area contributed by atoms with Crippen molar-refractivity contribution in [2.75, 3.05) is 13.2 Å². The Morgan fingerprint density at radius 3 is 0.857 bits per heavy atom. The van der Waals surface area contributed by atoms with Crippen LogP contribution in [0, 0.1) is 0 Å². The van der Waals surface area contributed by atoms with E-state index in [9.17, 15) is 33.7 Å². The van der Waals surface area contributed by atoms with E-state index in [0.29, 0.717) is 0 Å². The summed E-state index contributed by atoms with van der Waals surface area (Å²) in [7, 11) is -22.5. The highest BCUT2D eigenvalue weighted by Crippen LogP contribution is 2.22. The molecule has 0 unspecified atom stereocenters. The molecule has 0 aliphatic rings. The molecule has 4 atom stereocenters. The number of aliphatic hydroxyl groups excluding tert-OH is 2. The molecule has 0 bridgehead atoms. The number of hydrogen-bond donors (Lipinski definition) is 6. The van der Waals surface area contributed by atoms with Crippen LogP contribution < -0.4 is 0 Å². The van der Waals surface area contributed by atoms with Gasteiger partial charge >= 0.3 is 41.6 Å². The summed E-state index contributed by atoms with van der Waals surface area (Å²) < 4.78 is 137. The van der Waals surface area contributed by atoms with E-state index < -0.39 is 79.2 Å². The van der Waals surface area contributed by atoms with E-state index in [0.717, 1.165) is 0 Å². The van der Waals surface area contributed by atoms with Gasteiger partial charge in [-0.05, 0) is 0 Å². The Labute approximate surface area is 158 Å². The zero-order valence-electron chi connectivity index (χ0n) is 12.9. The van der Waals surface area contributed by atoms with Crippen LogP contribution in [0.5, 0.6) is 0 Å². The van der Waals surface area contributed by atoms with Gasteiger partial charge in [0.05, 0.1) is 13.2 Å². The van der Waals surface area contributed by atoms with Gasteiger partial charge in [-0.3, -0.25) is 18.2 Å². The molecule has 0 heterocycles. The van der Waals surface area contributed by atoms with E-state index in [4.69, 9.17) is 28.4 Å². The third-order valence-corrected chi connectivity index (χ3v) is 4.28. The predicted molar refractivity (Wildman–Crippen MR) is 79.9 cm³/mol. The highest BCUT2D eigenvalue weighted by atomic mass is 32.3. The van der Waals surface area contributed by atoms with Crippen molar-refractivity contribution in [2.24, 2.45) is 0 Å². The lowest BCUT2D eigenvalue weighted by atomic mass is 10.0. The van der Waals surface area contributed by atoms with Gasteiger partial charge in [-0.25, -0.2) is 16.7 Å². The third-order valence-electron chi connectivity index (χ3n) is 2.37. The quantitative estimate of drug-likeness (QED) is 0.130. The SMILES string of the molecule is O=S(=O)(O)O[C@H]([C@H](OS(=O)(=O)O)[C@H](CO)OS(=O)(=O)O)[C@@H](CO)OS(=O)(=O)O. The Morgan fingerprint density at radius 1 is 0.500 bits per heavy atom. The topological polar surface area (TPSA) is 295 Å². The maximum atomic E-state index is 10.9. The summed E-state index contributed by atoms with van der Waals surface area (Å²) in [6.45, 7) is -3.29. The second kappa shape index (κ2) is 9.94. The van der Waals surface area contributed by atoms with Gasteiger partial charge in [0.15, 0.2) is 0 Å². The first-order valence-corrected chi connectivity index (χ1v) is 11.6. The molecule has 0 spiro atoms. The van der Waals surface area contributed by atoms with Gasteiger partial charge < -0.3 is 10.2 Å². The molecule has 6 N–H and O–H groups in total. The van der Waals surface area contributed by atoms with Crippen molar-refractivity contribution < 1.29 is 78.8 Å². The molecular formula is C6H14O18S4. The maximum absolute atomic E-state index is 10.9. The van der Waals surface area contributed by atoms with Crippen LogP contribution in [-0.4, -0.2) is 99.7 Å². The smallest absolute Gasteiger partial charge is 0.394 e. The molecule has 170 valence electrons. The van der Waals surface area contributed by atoms with Crippen molar-refractivity contribution in [1.29, 1.82) is 0 Å². The minimum atomic E-state index is -5.69. The van der Waals surface area contributed by atoms with Gasteiger partial charge in [0.25, 0.3) is 0 Å². The first kappa shape index (κ1) is 27.4. The van der Waals surface area contributed by atoms with Crippen molar-refractivity contribution in [3.8, 4) is 0 Å². The van der Waals surface area contributed by atoms with E-state index in [1.807, 2.05) is 0 Å². The number of rotatable bonds is 13. The summed E-state index contributed by atoms with van der Waals surface area (Å²) in [5, 5.41) is 18.2. The fourth-order valence-electron chi connectivity index (χ4n) is 1.63. The molecule has 0 aliphatic heterocycles. The average Bonchev–Trinajstić information content (AvgIpc) is 2.42. The first-order valence-electron chi connectivity index (χ1n) is 6.12. The Hall–Kier alpha value is -0.600. The summed E-state index contributed by atoms with van der Waals surface area (Å²) in [6.07, 6.45) is -11.2. The van der Waals surface area contributed by atoms with Crippen molar-refractivity contribution in [3.63, 3.8) is 0 Å². The summed E-state index contributed by atoms with van der Waals surface area (Å²) in [4.78, 5) is 0. The standard InChI is InChI=1S/C6H14O18S4/c7-1-3(21-25(9,10)11)5(23-27(15,16)17)6(24-28(18,19)20)4(2-8)22-26(12,13)14/h3-8H,1-2H2,(H,9,10,11)(H,12,13,14)(H,15,16,17)(H,18,19,20)/t3-,4+,5+,6-. The summed E-state index contributed by atoms with van der Waals surface area (Å²) in [5.74, 6) is 0. The molecule has 0 saturated carbocycles. The second-order valence-corrected chi connectivity index (χ2v) is 8.66. The lowest BCUT2D eigenvalue weighted by Gasteiger charge is -2.32. The van der Waals surface area contributed by atoms with Crippen molar-refractivity contribution >= 4 is 41.6 Å². The van der Waals surface area contributed by atoms with Crippen molar-refractivity contribution in [2.45, 2.75) is 24.4 Å². The van der Waals surface area contributed by atoms with E-state index in [-0.39, 0.29) is 0 Å². The molecule has 28 heavy (non-hydrogen) atoms. The Morgan fingerprint density at radius 2 is 0.714 bits per heavy atom. The monoisotopic (exact) mass is 502 g/mol. The normalized spacial score (nSPS) is 18.4. The van der Waals surface area contributed by atoms with E-state index in [1.165, 1.54) is 0 Å². The lowest BCUT2D eigenvalue weighted by Crippen LogP contribution is -2.53. The Bertz CT molecular complexity index is 835. The van der Waals surface area contributed by atoms with Crippen LogP contribution in [0.25, 0.3) is 0 Å². The second-order valence-electron chi connectivity index (χ2n) is 4.47. The van der Waals surface area contributed by atoms with Crippen LogP contribution >= 0.6 is 0 Å². The average molecular weight is 502 g/mol. The van der Waals surface area contributed by atoms with Crippen LogP contribution in [0.1, 0.15) is 0 Å². The molecule has 18 nitrogen and oxygen atoms in total. The molecule has 0 fully saturated rings. The predicted octanol–water partition coefficient (Wildman–Crippen LogP) is -4.28. The molecule has 0 radical (unpaired) electrons. The molecule has 0 aromatic carbocycles. The van der Waals surface area contributed by atoms with Gasteiger partial charge in [0, 0.05) is 0 Å². The van der Waals surface area contributed by atoms with Crippen molar-refractivity contribution in [3.05, 3.63) is 0 Å². The molecule has 0 rings (SSSR count). The highest BCUT2D eigenvalue weighted by Gasteiger charge is 2.45. The van der Waals surface area contributed by atoms with E-state index in [1.54, 1.807) is 0 Å². The minimum absolute atomic E-state index is 1.64. The van der Waals surface area contributed by atoms with E-state index in [2.05, 4.69) is 16.7 Å². The van der Waals surface area contributed by atoms with Crippen LogP contribution in [-0.2, 0) is 58.3 Å². The zero-order valence-corrected chi connectivity index (χ0v) is 16.2. The highest BCUT2D eigenvalue weighted by molar-refractivity contribution is 7.81. The van der Waals surface area contributed by atoms with Crippen LogP contribution in [0.15, 0.2) is 0 Å². The Kier molecular flexibility index (Phi) is 9.72. The number of aliphatic hydroxyl groups is 2. The zero-order chi connectivity index (χ0) is 22.6. The molecule has 0 amide bonds. The van der Waals surface area contributed by atoms with Gasteiger partial charge in [-0.15, -0.1) is 0 Å². The van der Waals surface area contributed by atoms with Crippen LogP contribution in [0.4, 0.5) is 0 Å². The molecule has 0 aromatic rings. The molecule has 0 saturated heterocycles. The minimum Gasteiger partial charge on any atom is -0.394 e. The first-order chi connectivity index (χ1) is 12.3. The summed E-state index contributed by atoms with van der Waals surface area (Å²) >= 11 is 0. The molecule has 22 heteroatoms. The van der Waals surface area contributed by atoms with Crippen LogP contribution in [0.2, 0.25) is 0 Å². The molecular weight excluding hydrogens is 488 g/mol. The fourth-order valence-corrected chi connectivity index (χ4v) is 3.62. The van der Waals surface area contributed by atoms with Gasteiger partial charge in [-0.2, -0.15) is 33.7 Å². The third kappa shape index (κ3) is 12.1.